The number of hydrogen-bond acceptors (Lipinski definition) is 3. The zero-order valence-corrected chi connectivity index (χ0v) is 12.0. The molecule has 0 spiro atoms. The molecule has 2 nitrogen and oxygen atoms in total. The molecule has 0 amide bonds. The van der Waals surface area contributed by atoms with Crippen molar-refractivity contribution in [1.29, 1.82) is 0 Å². The quantitative estimate of drug-likeness (QED) is 0.853. The van der Waals surface area contributed by atoms with Gasteiger partial charge in [-0.1, -0.05) is 12.1 Å². The summed E-state index contributed by atoms with van der Waals surface area (Å²) in [7, 11) is 0. The van der Waals surface area contributed by atoms with Gasteiger partial charge in [0.05, 0.1) is 6.10 Å². The Labute approximate surface area is 121 Å². The van der Waals surface area contributed by atoms with Crippen LogP contribution in [0.25, 0.3) is 0 Å². The van der Waals surface area contributed by atoms with E-state index in [4.69, 9.17) is 0 Å². The summed E-state index contributed by atoms with van der Waals surface area (Å²) in [5.41, 5.74) is 0.682. The second kappa shape index (κ2) is 6.92. The summed E-state index contributed by atoms with van der Waals surface area (Å²) in [6.07, 6.45) is 0.0759. The highest BCUT2D eigenvalue weighted by molar-refractivity contribution is 7.10. The lowest BCUT2D eigenvalue weighted by molar-refractivity contribution is 0.157. The van der Waals surface area contributed by atoms with Crippen LogP contribution >= 0.6 is 11.3 Å². The van der Waals surface area contributed by atoms with Crippen LogP contribution in [0.15, 0.2) is 35.7 Å². The Bertz CT molecular complexity index is 545. The van der Waals surface area contributed by atoms with Crippen molar-refractivity contribution in [3.05, 3.63) is 57.8 Å². The van der Waals surface area contributed by atoms with E-state index in [0.29, 0.717) is 18.5 Å². The summed E-state index contributed by atoms with van der Waals surface area (Å²) < 4.78 is 25.9. The van der Waals surface area contributed by atoms with E-state index in [-0.39, 0.29) is 6.04 Å². The fourth-order valence-electron chi connectivity index (χ4n) is 1.96. The second-order valence-electron chi connectivity index (χ2n) is 4.80. The Morgan fingerprint density at radius 1 is 1.25 bits per heavy atom. The van der Waals surface area contributed by atoms with Crippen LogP contribution < -0.4 is 5.32 Å². The lowest BCUT2D eigenvalue weighted by Crippen LogP contribution is -2.27. The molecule has 0 aliphatic carbocycles. The zero-order chi connectivity index (χ0) is 14.5. The minimum absolute atomic E-state index is 0.0696. The highest BCUT2D eigenvalue weighted by atomic mass is 32.1. The number of aliphatic hydroxyl groups excluding tert-OH is 1. The third-order valence-electron chi connectivity index (χ3n) is 3.09. The molecule has 2 atom stereocenters. The van der Waals surface area contributed by atoms with Crippen LogP contribution in [0.4, 0.5) is 8.78 Å². The van der Waals surface area contributed by atoms with E-state index < -0.39 is 17.7 Å². The summed E-state index contributed by atoms with van der Waals surface area (Å²) in [4.78, 5) is 0.937. The predicted octanol–water partition coefficient (Wildman–Crippen LogP) is 3.63. The fourth-order valence-corrected chi connectivity index (χ4v) is 2.68. The van der Waals surface area contributed by atoms with Gasteiger partial charge in [0.15, 0.2) is 11.6 Å². The SMILES string of the molecule is CC(CC(O)c1cccs1)NCc1ccc(F)c(F)c1. The van der Waals surface area contributed by atoms with Gasteiger partial charge in [0, 0.05) is 17.5 Å². The van der Waals surface area contributed by atoms with E-state index in [1.54, 1.807) is 6.07 Å². The van der Waals surface area contributed by atoms with Gasteiger partial charge >= 0.3 is 0 Å². The van der Waals surface area contributed by atoms with E-state index in [1.807, 2.05) is 24.4 Å². The van der Waals surface area contributed by atoms with E-state index in [0.717, 1.165) is 10.9 Å². The van der Waals surface area contributed by atoms with E-state index in [9.17, 15) is 13.9 Å². The van der Waals surface area contributed by atoms with Gasteiger partial charge in [-0.3, -0.25) is 0 Å². The van der Waals surface area contributed by atoms with Gasteiger partial charge < -0.3 is 10.4 Å². The highest BCUT2D eigenvalue weighted by Crippen LogP contribution is 2.22. The Balaban J connectivity index is 1.82. The summed E-state index contributed by atoms with van der Waals surface area (Å²) in [5, 5.41) is 15.1. The number of aliphatic hydroxyl groups is 1. The topological polar surface area (TPSA) is 32.3 Å². The smallest absolute Gasteiger partial charge is 0.159 e. The minimum atomic E-state index is -0.838. The molecule has 0 saturated carbocycles. The van der Waals surface area contributed by atoms with Crippen molar-refractivity contribution in [2.45, 2.75) is 32.0 Å². The zero-order valence-electron chi connectivity index (χ0n) is 11.1. The normalized spacial score (nSPS) is 14.2. The Kier molecular flexibility index (Phi) is 5.23. The van der Waals surface area contributed by atoms with Crippen molar-refractivity contribution in [3.63, 3.8) is 0 Å². The average molecular weight is 297 g/mol. The van der Waals surface area contributed by atoms with Crippen molar-refractivity contribution in [3.8, 4) is 0 Å². The van der Waals surface area contributed by atoms with E-state index in [1.165, 1.54) is 17.4 Å². The molecule has 0 aliphatic rings. The van der Waals surface area contributed by atoms with Gasteiger partial charge in [-0.25, -0.2) is 8.78 Å². The molecule has 2 N–H and O–H groups in total. The van der Waals surface area contributed by atoms with Crippen LogP contribution in [-0.4, -0.2) is 11.1 Å². The number of halogens is 2. The third kappa shape index (κ3) is 4.10. The first kappa shape index (κ1) is 15.1. The number of benzene rings is 1. The number of rotatable bonds is 6. The Hall–Kier alpha value is -1.30. The van der Waals surface area contributed by atoms with Crippen LogP contribution in [0.3, 0.4) is 0 Å². The van der Waals surface area contributed by atoms with Crippen molar-refractivity contribution in [2.24, 2.45) is 0 Å². The minimum Gasteiger partial charge on any atom is -0.388 e. The Morgan fingerprint density at radius 2 is 2.05 bits per heavy atom. The first-order valence-corrected chi connectivity index (χ1v) is 7.33. The largest absolute Gasteiger partial charge is 0.388 e. The molecule has 0 radical (unpaired) electrons. The Morgan fingerprint density at radius 3 is 2.70 bits per heavy atom. The fraction of sp³-hybridized carbons (Fsp3) is 0.333. The van der Waals surface area contributed by atoms with Gasteiger partial charge in [-0.05, 0) is 42.5 Å². The molecule has 2 unspecified atom stereocenters. The number of nitrogens with one attached hydrogen (secondary N) is 1. The van der Waals surface area contributed by atoms with Crippen molar-refractivity contribution < 1.29 is 13.9 Å². The molecule has 0 aliphatic heterocycles. The van der Waals surface area contributed by atoms with Gasteiger partial charge in [0.1, 0.15) is 0 Å². The van der Waals surface area contributed by atoms with Crippen molar-refractivity contribution in [1.82, 2.24) is 5.32 Å². The number of hydrogen-bond donors (Lipinski definition) is 2. The molecule has 0 fully saturated rings. The van der Waals surface area contributed by atoms with Crippen molar-refractivity contribution >= 4 is 11.3 Å². The van der Waals surface area contributed by atoms with Crippen LogP contribution in [0.2, 0.25) is 0 Å². The van der Waals surface area contributed by atoms with E-state index >= 15 is 0 Å². The summed E-state index contributed by atoms with van der Waals surface area (Å²) in [6.45, 7) is 2.40. The van der Waals surface area contributed by atoms with Crippen LogP contribution in [-0.2, 0) is 6.54 Å². The summed E-state index contributed by atoms with van der Waals surface area (Å²) in [5.74, 6) is -1.68. The standard InChI is InChI=1S/C15H17F2NOS/c1-10(7-14(19)15-3-2-6-20-15)18-9-11-4-5-12(16)13(17)8-11/h2-6,8,10,14,18-19H,7,9H2,1H3. The maximum absolute atomic E-state index is 13.1. The molecule has 5 heteroatoms. The summed E-state index contributed by atoms with van der Waals surface area (Å²) >= 11 is 1.52. The molecule has 1 heterocycles. The van der Waals surface area contributed by atoms with Gasteiger partial charge in [0.25, 0.3) is 0 Å². The van der Waals surface area contributed by atoms with E-state index in [2.05, 4.69) is 5.32 Å². The maximum atomic E-state index is 13.1. The summed E-state index contributed by atoms with van der Waals surface area (Å²) in [6, 6.07) is 7.73. The van der Waals surface area contributed by atoms with Gasteiger partial charge in [0.2, 0.25) is 0 Å². The van der Waals surface area contributed by atoms with Crippen molar-refractivity contribution in [2.75, 3.05) is 0 Å². The third-order valence-corrected chi connectivity index (χ3v) is 4.06. The van der Waals surface area contributed by atoms with Crippen LogP contribution in [0, 0.1) is 11.6 Å². The molecule has 1 aromatic heterocycles. The molecule has 1 aromatic carbocycles. The first-order valence-electron chi connectivity index (χ1n) is 6.45. The molecule has 20 heavy (non-hydrogen) atoms. The van der Waals surface area contributed by atoms with Crippen LogP contribution in [0.1, 0.15) is 29.9 Å². The lowest BCUT2D eigenvalue weighted by atomic mass is 10.1. The first-order chi connectivity index (χ1) is 9.56. The molecule has 2 aromatic rings. The molecular formula is C15H17F2NOS. The average Bonchev–Trinajstić information content (AvgIpc) is 2.94. The molecule has 2 rings (SSSR count). The molecule has 0 bridgehead atoms. The van der Waals surface area contributed by atoms with Gasteiger partial charge in [-0.2, -0.15) is 0 Å². The highest BCUT2D eigenvalue weighted by Gasteiger charge is 2.13. The molecular weight excluding hydrogens is 280 g/mol. The number of thiophene rings is 1. The van der Waals surface area contributed by atoms with Gasteiger partial charge in [-0.15, -0.1) is 11.3 Å². The maximum Gasteiger partial charge on any atom is 0.159 e. The lowest BCUT2D eigenvalue weighted by Gasteiger charge is -2.17. The monoisotopic (exact) mass is 297 g/mol. The van der Waals surface area contributed by atoms with Crippen LogP contribution in [0.5, 0.6) is 0 Å². The molecule has 0 saturated heterocycles. The second-order valence-corrected chi connectivity index (χ2v) is 5.78. The molecule has 108 valence electrons. The predicted molar refractivity (Wildman–Crippen MR) is 76.6 cm³/mol.